The normalized spacial score (nSPS) is 14.8. The van der Waals surface area contributed by atoms with Crippen LogP contribution in [0.5, 0.6) is 0 Å². The van der Waals surface area contributed by atoms with Crippen molar-refractivity contribution in [3.8, 4) is 0 Å². The summed E-state index contributed by atoms with van der Waals surface area (Å²) in [6.45, 7) is 16.7. The summed E-state index contributed by atoms with van der Waals surface area (Å²) >= 11 is 0. The Balaban J connectivity index is 4.84. The van der Waals surface area contributed by atoms with E-state index in [4.69, 9.17) is 32.2 Å². The number of nitrogens with zero attached hydrogens (tertiary/aromatic N) is 1. The lowest BCUT2D eigenvalue weighted by Crippen LogP contribution is -2.47. The van der Waals surface area contributed by atoms with E-state index in [-0.39, 0.29) is 24.6 Å². The van der Waals surface area contributed by atoms with Crippen molar-refractivity contribution >= 4 is 14.9 Å². The molecular weight excluding hydrogens is 434 g/mol. The fourth-order valence-electron chi connectivity index (χ4n) is 3.24. The van der Waals surface area contributed by atoms with Crippen LogP contribution >= 0.6 is 0 Å². The van der Waals surface area contributed by atoms with Gasteiger partial charge in [-0.25, -0.2) is 4.79 Å². The van der Waals surface area contributed by atoms with Crippen LogP contribution in [0.3, 0.4) is 0 Å². The molecule has 3 atom stereocenters. The topological polar surface area (TPSA) is 84.9 Å². The third-order valence-corrected chi connectivity index (χ3v) is 7.75. The van der Waals surface area contributed by atoms with Crippen LogP contribution < -0.4 is 0 Å². The molecule has 1 amide bonds. The van der Waals surface area contributed by atoms with Gasteiger partial charge in [-0.2, -0.15) is 0 Å². The van der Waals surface area contributed by atoms with E-state index in [1.165, 1.54) is 0 Å². The van der Waals surface area contributed by atoms with Gasteiger partial charge in [0, 0.05) is 46.1 Å². The van der Waals surface area contributed by atoms with Crippen LogP contribution in [0, 0.1) is 0 Å². The Bertz CT molecular complexity index is 450. The number of hydrogen-bond acceptors (Lipinski definition) is 8. The molecule has 0 aromatic rings. The van der Waals surface area contributed by atoms with E-state index in [1.54, 1.807) is 18.9 Å². The van der Waals surface area contributed by atoms with Gasteiger partial charge in [0.2, 0.25) is 0 Å². The molecule has 10 heteroatoms. The second kappa shape index (κ2) is 18.6. The summed E-state index contributed by atoms with van der Waals surface area (Å²) in [6.07, 6.45) is 0.556. The van der Waals surface area contributed by atoms with E-state index in [1.807, 2.05) is 41.5 Å². The summed E-state index contributed by atoms with van der Waals surface area (Å²) in [7, 11) is -1.12. The van der Waals surface area contributed by atoms with Gasteiger partial charge in [0.05, 0.1) is 25.4 Å². The monoisotopic (exact) mass is 481 g/mol. The minimum absolute atomic E-state index is 0.117. The first-order chi connectivity index (χ1) is 15.3. The maximum Gasteiger partial charge on any atom is 0.500 e. The first-order valence-electron chi connectivity index (χ1n) is 11.9. The van der Waals surface area contributed by atoms with Crippen molar-refractivity contribution in [3.63, 3.8) is 0 Å². The first kappa shape index (κ1) is 31.2. The lowest BCUT2D eigenvalue weighted by Gasteiger charge is -2.30. The molecule has 0 aromatic heterocycles. The lowest BCUT2D eigenvalue weighted by molar-refractivity contribution is -0.168. The number of ether oxygens (including phenoxy) is 4. The van der Waals surface area contributed by atoms with E-state index in [0.29, 0.717) is 58.6 Å². The maximum absolute atomic E-state index is 12.5. The van der Waals surface area contributed by atoms with Crippen molar-refractivity contribution in [2.45, 2.75) is 85.8 Å². The quantitative estimate of drug-likeness (QED) is 0.190. The SMILES string of the molecule is CCOC(=O)N(CCC[Si](OCC)(OCC)OCC)CC(C)OCC(C)OC(CC)OC. The molecule has 3 unspecified atom stereocenters. The van der Waals surface area contributed by atoms with Gasteiger partial charge in [0.15, 0.2) is 6.29 Å². The van der Waals surface area contributed by atoms with Gasteiger partial charge in [-0.3, -0.25) is 0 Å². The second-order valence-corrected chi connectivity index (χ2v) is 10.1. The van der Waals surface area contributed by atoms with Crippen molar-refractivity contribution in [3.05, 3.63) is 0 Å². The molecule has 0 heterocycles. The smallest absolute Gasteiger partial charge is 0.450 e. The molecule has 0 aromatic carbocycles. The summed E-state index contributed by atoms with van der Waals surface area (Å²) < 4.78 is 39.9. The molecule has 0 rings (SSSR count). The number of methoxy groups -OCH3 is 1. The Hall–Kier alpha value is -0.753. The van der Waals surface area contributed by atoms with Crippen LogP contribution in [0.15, 0.2) is 0 Å². The Labute approximate surface area is 196 Å². The van der Waals surface area contributed by atoms with E-state index < -0.39 is 8.80 Å². The van der Waals surface area contributed by atoms with Gasteiger partial charge in [0.25, 0.3) is 0 Å². The predicted molar refractivity (Wildman–Crippen MR) is 126 cm³/mol. The molecule has 0 aliphatic rings. The van der Waals surface area contributed by atoms with Crippen LogP contribution in [-0.4, -0.2) is 91.5 Å². The van der Waals surface area contributed by atoms with E-state index in [9.17, 15) is 4.79 Å². The highest BCUT2D eigenvalue weighted by Crippen LogP contribution is 2.19. The van der Waals surface area contributed by atoms with Gasteiger partial charge >= 0.3 is 14.9 Å². The minimum Gasteiger partial charge on any atom is -0.450 e. The number of carbonyl (C=O) groups is 1. The number of rotatable bonds is 20. The van der Waals surface area contributed by atoms with Crippen molar-refractivity contribution in [2.24, 2.45) is 0 Å². The van der Waals surface area contributed by atoms with E-state index in [2.05, 4.69) is 0 Å². The Kier molecular flexibility index (Phi) is 18.2. The molecule has 0 fully saturated rings. The highest BCUT2D eigenvalue weighted by atomic mass is 28.4. The molecule has 9 nitrogen and oxygen atoms in total. The zero-order chi connectivity index (χ0) is 24.4. The molecule has 0 bridgehead atoms. The third-order valence-electron chi connectivity index (χ3n) is 4.60. The Morgan fingerprint density at radius 2 is 1.50 bits per heavy atom. The largest absolute Gasteiger partial charge is 0.500 e. The second-order valence-electron chi connectivity index (χ2n) is 7.39. The van der Waals surface area contributed by atoms with Gasteiger partial charge in [-0.15, -0.1) is 0 Å². The molecule has 0 aliphatic heterocycles. The zero-order valence-corrected chi connectivity index (χ0v) is 22.5. The lowest BCUT2D eigenvalue weighted by atomic mass is 10.3. The van der Waals surface area contributed by atoms with Gasteiger partial charge < -0.3 is 37.1 Å². The number of hydrogen-bond donors (Lipinski definition) is 0. The fraction of sp³-hybridized carbons (Fsp3) is 0.955. The summed E-state index contributed by atoms with van der Waals surface area (Å²) in [4.78, 5) is 14.2. The average Bonchev–Trinajstić information content (AvgIpc) is 2.76. The third kappa shape index (κ3) is 13.1. The maximum atomic E-state index is 12.5. The van der Waals surface area contributed by atoms with Crippen molar-refractivity contribution in [1.29, 1.82) is 0 Å². The van der Waals surface area contributed by atoms with Crippen molar-refractivity contribution in [1.82, 2.24) is 4.90 Å². The summed E-state index contributed by atoms with van der Waals surface area (Å²) in [5.41, 5.74) is 0. The molecule has 0 radical (unpaired) electrons. The molecule has 0 saturated carbocycles. The summed E-state index contributed by atoms with van der Waals surface area (Å²) in [6, 6.07) is 0.633. The summed E-state index contributed by atoms with van der Waals surface area (Å²) in [5, 5.41) is 0. The van der Waals surface area contributed by atoms with Crippen LogP contribution in [0.4, 0.5) is 4.79 Å². The van der Waals surface area contributed by atoms with Gasteiger partial charge in [-0.05, 0) is 54.4 Å². The Morgan fingerprint density at radius 1 is 0.906 bits per heavy atom. The molecule has 192 valence electrons. The highest BCUT2D eigenvalue weighted by Gasteiger charge is 2.40. The van der Waals surface area contributed by atoms with Crippen LogP contribution in [0.25, 0.3) is 0 Å². The van der Waals surface area contributed by atoms with Crippen molar-refractivity contribution < 1.29 is 37.0 Å². The van der Waals surface area contributed by atoms with Crippen molar-refractivity contribution in [2.75, 3.05) is 53.2 Å². The first-order valence-corrected chi connectivity index (χ1v) is 13.9. The van der Waals surface area contributed by atoms with Gasteiger partial charge in [-0.1, -0.05) is 6.92 Å². The minimum atomic E-state index is -2.75. The Morgan fingerprint density at radius 3 is 1.97 bits per heavy atom. The highest BCUT2D eigenvalue weighted by molar-refractivity contribution is 6.60. The molecule has 32 heavy (non-hydrogen) atoms. The van der Waals surface area contributed by atoms with Gasteiger partial charge in [0.1, 0.15) is 0 Å². The van der Waals surface area contributed by atoms with E-state index >= 15 is 0 Å². The zero-order valence-electron chi connectivity index (χ0n) is 21.5. The summed E-state index contributed by atoms with van der Waals surface area (Å²) in [5.74, 6) is 0. The molecule has 0 spiro atoms. The van der Waals surface area contributed by atoms with E-state index in [0.717, 1.165) is 6.42 Å². The molecule has 0 N–H and O–H groups in total. The number of carbonyl (C=O) groups excluding carboxylic acids is 1. The predicted octanol–water partition coefficient (Wildman–Crippen LogP) is 4.08. The van der Waals surface area contributed by atoms with Crippen LogP contribution in [0.1, 0.15) is 61.3 Å². The molecule has 0 saturated heterocycles. The van der Waals surface area contributed by atoms with Crippen LogP contribution in [0.2, 0.25) is 6.04 Å². The average molecular weight is 482 g/mol. The fourth-order valence-corrected chi connectivity index (χ4v) is 5.83. The molecular formula is C22H47NO8Si. The standard InChI is InChI=1S/C22H47NO8Si/c1-9-21(25-8)31-20(7)18-27-19(6)17-23(22(24)26-10-2)15-14-16-32(28-11-3,29-12-4)30-13-5/h19-21H,9-18H2,1-8H3. The number of amides is 1. The molecule has 0 aliphatic carbocycles. The van der Waals surface area contributed by atoms with Crippen LogP contribution in [-0.2, 0) is 32.2 Å².